The van der Waals surface area contributed by atoms with Crippen LogP contribution in [0.3, 0.4) is 0 Å². The summed E-state index contributed by atoms with van der Waals surface area (Å²) in [5.74, 6) is 0. The fourth-order valence-corrected chi connectivity index (χ4v) is 1.48. The first-order chi connectivity index (χ1) is 6.15. The number of aliphatic hydroxyl groups is 1. The molecule has 14 heavy (non-hydrogen) atoms. The van der Waals surface area contributed by atoms with Gasteiger partial charge in [-0.25, -0.2) is 4.98 Å². The quantitative estimate of drug-likeness (QED) is 0.816. The number of pyridine rings is 1. The molecule has 0 fully saturated rings. The highest BCUT2D eigenvalue weighted by Crippen LogP contribution is 2.23. The molecule has 0 amide bonds. The molecule has 1 rings (SSSR count). The van der Waals surface area contributed by atoms with Gasteiger partial charge in [0.15, 0.2) is 0 Å². The van der Waals surface area contributed by atoms with E-state index in [9.17, 15) is 0 Å². The summed E-state index contributed by atoms with van der Waals surface area (Å²) in [7, 11) is 0. The van der Waals surface area contributed by atoms with E-state index in [-0.39, 0.29) is 25.1 Å². The van der Waals surface area contributed by atoms with Crippen LogP contribution < -0.4 is 5.73 Å². The number of hydrogen-bond donors (Lipinski definition) is 2. The smallest absolute Gasteiger partial charge is 0.135 e. The monoisotopic (exact) mass is 256 g/mol. The Hall–Kier alpha value is -0.0600. The summed E-state index contributed by atoms with van der Waals surface area (Å²) < 4.78 is 0. The highest BCUT2D eigenvalue weighted by atomic mass is 35.5. The molecule has 0 aliphatic heterocycles. The predicted octanol–water partition coefficient (Wildman–Crippen LogP) is 2.19. The maximum Gasteiger partial charge on any atom is 0.135 e. The molecule has 0 unspecified atom stereocenters. The van der Waals surface area contributed by atoms with Crippen LogP contribution in [0, 0.1) is 0 Å². The topological polar surface area (TPSA) is 59.1 Å². The van der Waals surface area contributed by atoms with E-state index in [1.54, 1.807) is 12.1 Å². The molecular formula is C8H11Cl3N2O. The molecule has 1 heterocycles. The number of hydrogen-bond acceptors (Lipinski definition) is 3. The van der Waals surface area contributed by atoms with Crippen molar-refractivity contribution in [3.05, 3.63) is 28.0 Å². The standard InChI is InChI=1S/C8H10Cl2N2O.ClH/c9-7-2-1-5(8(10)12-7)6(11)3-4-13;/h1-2,6,13H,3-4,11H2;1H/t6-;/m1./s1. The maximum atomic E-state index is 8.67. The first kappa shape index (κ1) is 13.9. The number of nitrogens with zero attached hydrogens (tertiary/aromatic N) is 1. The van der Waals surface area contributed by atoms with Gasteiger partial charge in [0.05, 0.1) is 0 Å². The summed E-state index contributed by atoms with van der Waals surface area (Å²) in [6, 6.07) is 3.06. The van der Waals surface area contributed by atoms with Gasteiger partial charge in [0, 0.05) is 18.2 Å². The van der Waals surface area contributed by atoms with Gasteiger partial charge < -0.3 is 10.8 Å². The van der Waals surface area contributed by atoms with Gasteiger partial charge in [0.2, 0.25) is 0 Å². The molecule has 0 bridgehead atoms. The van der Waals surface area contributed by atoms with Crippen LogP contribution in [0.25, 0.3) is 0 Å². The van der Waals surface area contributed by atoms with Crippen molar-refractivity contribution >= 4 is 35.6 Å². The van der Waals surface area contributed by atoms with Crippen molar-refractivity contribution in [3.63, 3.8) is 0 Å². The second kappa shape index (κ2) is 6.43. The van der Waals surface area contributed by atoms with Crippen molar-refractivity contribution in [3.8, 4) is 0 Å². The van der Waals surface area contributed by atoms with Crippen molar-refractivity contribution in [2.24, 2.45) is 5.73 Å². The molecule has 0 aromatic carbocycles. The second-order valence-corrected chi connectivity index (χ2v) is 3.38. The Kier molecular flexibility index (Phi) is 6.40. The van der Waals surface area contributed by atoms with Gasteiger partial charge in [-0.1, -0.05) is 29.3 Å². The Bertz CT molecular complexity index is 296. The highest BCUT2D eigenvalue weighted by molar-refractivity contribution is 6.32. The average Bonchev–Trinajstić information content (AvgIpc) is 2.04. The minimum atomic E-state index is -0.290. The first-order valence-electron chi connectivity index (χ1n) is 3.83. The number of halogens is 3. The molecule has 3 nitrogen and oxygen atoms in total. The van der Waals surface area contributed by atoms with Crippen LogP contribution in [0.5, 0.6) is 0 Å². The van der Waals surface area contributed by atoms with Crippen LogP contribution in [0.1, 0.15) is 18.0 Å². The van der Waals surface area contributed by atoms with Crippen LogP contribution in [0.2, 0.25) is 10.3 Å². The summed E-state index contributed by atoms with van der Waals surface area (Å²) in [6.45, 7) is 0.0279. The largest absolute Gasteiger partial charge is 0.396 e. The van der Waals surface area contributed by atoms with Crippen molar-refractivity contribution in [2.75, 3.05) is 6.61 Å². The van der Waals surface area contributed by atoms with Gasteiger partial charge in [0.25, 0.3) is 0 Å². The lowest BCUT2D eigenvalue weighted by Gasteiger charge is -2.11. The van der Waals surface area contributed by atoms with E-state index >= 15 is 0 Å². The van der Waals surface area contributed by atoms with E-state index in [1.165, 1.54) is 0 Å². The molecule has 0 saturated heterocycles. The zero-order chi connectivity index (χ0) is 9.84. The van der Waals surface area contributed by atoms with Gasteiger partial charge in [-0.05, 0) is 12.5 Å². The van der Waals surface area contributed by atoms with Crippen LogP contribution in [0.4, 0.5) is 0 Å². The first-order valence-corrected chi connectivity index (χ1v) is 4.59. The molecule has 1 aromatic heterocycles. The average molecular weight is 258 g/mol. The molecular weight excluding hydrogens is 246 g/mol. The molecule has 1 aromatic rings. The summed E-state index contributed by atoms with van der Waals surface area (Å²) in [6.07, 6.45) is 0.461. The van der Waals surface area contributed by atoms with Crippen molar-refractivity contribution in [1.82, 2.24) is 4.98 Å². The molecule has 0 spiro atoms. The van der Waals surface area contributed by atoms with Crippen LogP contribution in [0.15, 0.2) is 12.1 Å². The van der Waals surface area contributed by atoms with E-state index in [0.29, 0.717) is 22.3 Å². The molecule has 0 radical (unpaired) electrons. The number of aromatic nitrogens is 1. The van der Waals surface area contributed by atoms with Crippen molar-refractivity contribution in [1.29, 1.82) is 0 Å². The third-order valence-corrected chi connectivity index (χ3v) is 2.20. The van der Waals surface area contributed by atoms with E-state index in [4.69, 9.17) is 34.0 Å². The summed E-state index contributed by atoms with van der Waals surface area (Å²) >= 11 is 11.4. The lowest BCUT2D eigenvalue weighted by Crippen LogP contribution is -2.12. The van der Waals surface area contributed by atoms with Crippen molar-refractivity contribution in [2.45, 2.75) is 12.5 Å². The lowest BCUT2D eigenvalue weighted by molar-refractivity contribution is 0.276. The maximum absolute atomic E-state index is 8.67. The Balaban J connectivity index is 0.00000169. The predicted molar refractivity (Wildman–Crippen MR) is 60.1 cm³/mol. The Morgan fingerprint density at radius 3 is 2.57 bits per heavy atom. The molecule has 6 heteroatoms. The SMILES string of the molecule is Cl.N[C@H](CCO)c1ccc(Cl)nc1Cl. The normalized spacial score (nSPS) is 12.0. The molecule has 0 aliphatic rings. The number of aliphatic hydroxyl groups excluding tert-OH is 1. The van der Waals surface area contributed by atoms with Crippen LogP contribution >= 0.6 is 35.6 Å². The zero-order valence-corrected chi connectivity index (χ0v) is 9.61. The molecule has 3 N–H and O–H groups in total. The number of rotatable bonds is 3. The fourth-order valence-electron chi connectivity index (χ4n) is 0.994. The summed E-state index contributed by atoms with van der Waals surface area (Å²) in [4.78, 5) is 3.85. The van der Waals surface area contributed by atoms with Gasteiger partial charge in [-0.15, -0.1) is 12.4 Å². The van der Waals surface area contributed by atoms with Crippen LogP contribution in [-0.2, 0) is 0 Å². The molecule has 80 valence electrons. The minimum Gasteiger partial charge on any atom is -0.396 e. The zero-order valence-electron chi connectivity index (χ0n) is 7.28. The van der Waals surface area contributed by atoms with Gasteiger partial charge in [0.1, 0.15) is 10.3 Å². The van der Waals surface area contributed by atoms with E-state index in [2.05, 4.69) is 4.98 Å². The highest BCUT2D eigenvalue weighted by Gasteiger charge is 2.10. The van der Waals surface area contributed by atoms with E-state index in [1.807, 2.05) is 0 Å². The van der Waals surface area contributed by atoms with Gasteiger partial charge in [-0.2, -0.15) is 0 Å². The third-order valence-electron chi connectivity index (χ3n) is 1.68. The summed E-state index contributed by atoms with van der Waals surface area (Å²) in [5.41, 5.74) is 6.44. The molecule has 1 atom stereocenters. The second-order valence-electron chi connectivity index (χ2n) is 2.63. The van der Waals surface area contributed by atoms with Gasteiger partial charge in [-0.3, -0.25) is 0 Å². The fraction of sp³-hybridized carbons (Fsp3) is 0.375. The third kappa shape index (κ3) is 3.59. The molecule has 0 saturated carbocycles. The Morgan fingerprint density at radius 1 is 1.43 bits per heavy atom. The minimum absolute atomic E-state index is 0. The van der Waals surface area contributed by atoms with Gasteiger partial charge >= 0.3 is 0 Å². The Labute approximate surface area is 98.6 Å². The lowest BCUT2D eigenvalue weighted by atomic mass is 10.1. The Morgan fingerprint density at radius 2 is 2.07 bits per heavy atom. The van der Waals surface area contributed by atoms with E-state index < -0.39 is 0 Å². The summed E-state index contributed by atoms with van der Waals surface area (Å²) in [5, 5.41) is 9.31. The van der Waals surface area contributed by atoms with Crippen molar-refractivity contribution < 1.29 is 5.11 Å². The number of nitrogens with two attached hydrogens (primary N) is 1. The molecule has 0 aliphatic carbocycles. The van der Waals surface area contributed by atoms with E-state index in [0.717, 1.165) is 0 Å². The van der Waals surface area contributed by atoms with Crippen LogP contribution in [-0.4, -0.2) is 16.7 Å².